The zero-order chi connectivity index (χ0) is 20.3. The van der Waals surface area contributed by atoms with E-state index in [1.165, 1.54) is 32.1 Å². The Morgan fingerprint density at radius 2 is 1.93 bits per heavy atom. The number of ether oxygens (including phenoxy) is 1. The third kappa shape index (κ3) is 3.93. The zero-order valence-corrected chi connectivity index (χ0v) is 17.6. The Kier molecular flexibility index (Phi) is 5.66. The number of aryl methyl sites for hydroxylation is 1. The lowest BCUT2D eigenvalue weighted by atomic mass is 9.87. The van der Waals surface area contributed by atoms with Gasteiger partial charge in [0.05, 0.1) is 22.8 Å². The van der Waals surface area contributed by atoms with Gasteiger partial charge < -0.3 is 14.6 Å². The van der Waals surface area contributed by atoms with Crippen molar-refractivity contribution in [3.8, 4) is 11.5 Å². The number of aromatic nitrogens is 5. The summed E-state index contributed by atoms with van der Waals surface area (Å²) >= 11 is 0. The molecule has 4 heterocycles. The first-order chi connectivity index (χ1) is 14.8. The topological polar surface area (TPSA) is 90.9 Å². The van der Waals surface area contributed by atoms with E-state index in [4.69, 9.17) is 14.2 Å². The predicted octanol–water partition coefficient (Wildman–Crippen LogP) is 4.21. The highest BCUT2D eigenvalue weighted by Gasteiger charge is 2.23. The molecule has 1 aliphatic carbocycles. The molecule has 30 heavy (non-hydrogen) atoms. The van der Waals surface area contributed by atoms with Gasteiger partial charge in [-0.3, -0.25) is 0 Å². The first-order valence-electron chi connectivity index (χ1n) is 11.3. The molecule has 1 saturated heterocycles. The van der Waals surface area contributed by atoms with Gasteiger partial charge >= 0.3 is 0 Å². The van der Waals surface area contributed by atoms with Gasteiger partial charge in [0.2, 0.25) is 0 Å². The number of nitrogens with one attached hydrogen (secondary N) is 1. The van der Waals surface area contributed by atoms with E-state index < -0.39 is 0 Å². The summed E-state index contributed by atoms with van der Waals surface area (Å²) in [5, 5.41) is 13.5. The molecule has 160 valence electrons. The standard InChI is InChI=1S/C22H30N6O2/c1-2-28-21-17(14-24-28)20(25-16-8-10-29-11-9-16)18(13-23-21)22-26-19(27-30-22)12-15-6-4-3-5-7-15/h13-16H,2-12H2,1H3,(H,23,25). The smallest absolute Gasteiger partial charge is 0.261 e. The fourth-order valence-corrected chi connectivity index (χ4v) is 4.72. The van der Waals surface area contributed by atoms with Gasteiger partial charge in [0.1, 0.15) is 0 Å². The third-order valence-corrected chi connectivity index (χ3v) is 6.43. The van der Waals surface area contributed by atoms with Crippen LogP contribution in [-0.2, 0) is 17.7 Å². The second kappa shape index (κ2) is 8.71. The van der Waals surface area contributed by atoms with Gasteiger partial charge in [-0.1, -0.05) is 37.3 Å². The highest BCUT2D eigenvalue weighted by molar-refractivity contribution is 5.96. The minimum absolute atomic E-state index is 0.345. The lowest BCUT2D eigenvalue weighted by molar-refractivity contribution is 0.0905. The van der Waals surface area contributed by atoms with Gasteiger partial charge in [0.25, 0.3) is 5.89 Å². The first-order valence-corrected chi connectivity index (χ1v) is 11.3. The monoisotopic (exact) mass is 410 g/mol. The fourth-order valence-electron chi connectivity index (χ4n) is 4.72. The Balaban J connectivity index is 1.47. The molecular formula is C22H30N6O2. The molecule has 3 aromatic rings. The van der Waals surface area contributed by atoms with Crippen LogP contribution < -0.4 is 5.32 Å². The summed E-state index contributed by atoms with van der Waals surface area (Å²) in [7, 11) is 0. The van der Waals surface area contributed by atoms with Crippen LogP contribution in [0.15, 0.2) is 16.9 Å². The third-order valence-electron chi connectivity index (χ3n) is 6.43. The number of anilines is 1. The van der Waals surface area contributed by atoms with Gasteiger partial charge in [0, 0.05) is 38.4 Å². The Hall–Kier alpha value is -2.48. The summed E-state index contributed by atoms with van der Waals surface area (Å²) in [6, 6.07) is 0.345. The Bertz CT molecular complexity index is 985. The van der Waals surface area contributed by atoms with E-state index in [1.54, 1.807) is 0 Å². The number of pyridine rings is 1. The molecule has 1 N–H and O–H groups in total. The predicted molar refractivity (Wildman–Crippen MR) is 114 cm³/mol. The van der Waals surface area contributed by atoms with E-state index in [9.17, 15) is 0 Å². The first kappa shape index (κ1) is 19.5. The van der Waals surface area contributed by atoms with Crippen molar-refractivity contribution in [1.29, 1.82) is 0 Å². The molecule has 8 nitrogen and oxygen atoms in total. The molecule has 0 bridgehead atoms. The molecule has 0 aromatic carbocycles. The minimum Gasteiger partial charge on any atom is -0.381 e. The van der Waals surface area contributed by atoms with Crippen LogP contribution in [0.1, 0.15) is 57.7 Å². The molecular weight excluding hydrogens is 380 g/mol. The van der Waals surface area contributed by atoms with Crippen LogP contribution >= 0.6 is 0 Å². The maximum atomic E-state index is 5.71. The van der Waals surface area contributed by atoms with Crippen LogP contribution in [0.2, 0.25) is 0 Å². The molecule has 0 amide bonds. The van der Waals surface area contributed by atoms with Crippen LogP contribution in [0.25, 0.3) is 22.5 Å². The van der Waals surface area contributed by atoms with Gasteiger partial charge in [-0.05, 0) is 25.7 Å². The summed E-state index contributed by atoms with van der Waals surface area (Å²) in [4.78, 5) is 9.43. The van der Waals surface area contributed by atoms with Crippen LogP contribution in [0.4, 0.5) is 5.69 Å². The normalized spacial score (nSPS) is 18.8. The van der Waals surface area contributed by atoms with Crippen LogP contribution in [0, 0.1) is 5.92 Å². The number of fused-ring (bicyclic) bond motifs is 1. The van der Waals surface area contributed by atoms with Crippen molar-refractivity contribution >= 4 is 16.7 Å². The van der Waals surface area contributed by atoms with Crippen molar-refractivity contribution in [2.24, 2.45) is 5.92 Å². The highest BCUT2D eigenvalue weighted by atomic mass is 16.5. The van der Waals surface area contributed by atoms with E-state index in [-0.39, 0.29) is 0 Å². The van der Waals surface area contributed by atoms with Crippen molar-refractivity contribution < 1.29 is 9.26 Å². The Labute approximate surface area is 176 Å². The average Bonchev–Trinajstić information content (AvgIpc) is 3.42. The lowest BCUT2D eigenvalue weighted by Gasteiger charge is -2.25. The molecule has 2 aliphatic rings. The number of nitrogens with zero attached hydrogens (tertiary/aromatic N) is 5. The van der Waals surface area contributed by atoms with Crippen molar-refractivity contribution in [2.45, 2.75) is 70.9 Å². The molecule has 0 radical (unpaired) electrons. The Morgan fingerprint density at radius 1 is 1.10 bits per heavy atom. The maximum Gasteiger partial charge on any atom is 0.261 e. The number of hydrogen-bond acceptors (Lipinski definition) is 7. The number of rotatable bonds is 6. The van der Waals surface area contributed by atoms with E-state index in [0.29, 0.717) is 17.9 Å². The van der Waals surface area contributed by atoms with Crippen LogP contribution in [-0.4, -0.2) is 44.2 Å². The highest BCUT2D eigenvalue weighted by Crippen LogP contribution is 2.35. The van der Waals surface area contributed by atoms with E-state index in [2.05, 4.69) is 27.5 Å². The van der Waals surface area contributed by atoms with E-state index in [0.717, 1.165) is 67.1 Å². The summed E-state index contributed by atoms with van der Waals surface area (Å²) < 4.78 is 13.2. The van der Waals surface area contributed by atoms with Gasteiger partial charge in [0.15, 0.2) is 11.5 Å². The summed E-state index contributed by atoms with van der Waals surface area (Å²) in [5.74, 6) is 2.01. The summed E-state index contributed by atoms with van der Waals surface area (Å²) in [6.45, 7) is 4.41. The molecule has 1 saturated carbocycles. The van der Waals surface area contributed by atoms with E-state index in [1.807, 2.05) is 17.1 Å². The molecule has 5 rings (SSSR count). The zero-order valence-electron chi connectivity index (χ0n) is 17.6. The fraction of sp³-hybridized carbons (Fsp3) is 0.636. The molecule has 8 heteroatoms. The van der Waals surface area contributed by atoms with Gasteiger partial charge in [-0.25, -0.2) is 9.67 Å². The summed E-state index contributed by atoms with van der Waals surface area (Å²) in [6.07, 6.45) is 13.1. The second-order valence-electron chi connectivity index (χ2n) is 8.50. The molecule has 3 aromatic heterocycles. The summed E-state index contributed by atoms with van der Waals surface area (Å²) in [5.41, 5.74) is 2.71. The van der Waals surface area contributed by atoms with Crippen molar-refractivity contribution in [3.05, 3.63) is 18.2 Å². The van der Waals surface area contributed by atoms with Crippen molar-refractivity contribution in [2.75, 3.05) is 18.5 Å². The maximum absolute atomic E-state index is 5.71. The Morgan fingerprint density at radius 3 is 2.73 bits per heavy atom. The quantitative estimate of drug-likeness (QED) is 0.651. The molecule has 2 fully saturated rings. The largest absolute Gasteiger partial charge is 0.381 e. The van der Waals surface area contributed by atoms with Gasteiger partial charge in [-0.2, -0.15) is 10.1 Å². The van der Waals surface area contributed by atoms with E-state index >= 15 is 0 Å². The minimum atomic E-state index is 0.345. The molecule has 0 spiro atoms. The average molecular weight is 411 g/mol. The molecule has 0 atom stereocenters. The lowest BCUT2D eigenvalue weighted by Crippen LogP contribution is -2.28. The van der Waals surface area contributed by atoms with Crippen molar-refractivity contribution in [3.63, 3.8) is 0 Å². The second-order valence-corrected chi connectivity index (χ2v) is 8.50. The molecule has 0 unspecified atom stereocenters. The van der Waals surface area contributed by atoms with Crippen molar-refractivity contribution in [1.82, 2.24) is 24.9 Å². The van der Waals surface area contributed by atoms with Crippen LogP contribution in [0.5, 0.6) is 0 Å². The number of hydrogen-bond donors (Lipinski definition) is 1. The SMILES string of the molecule is CCn1ncc2c(NC3CCOCC3)c(-c3nc(CC4CCCCC4)no3)cnc21. The van der Waals surface area contributed by atoms with Crippen LogP contribution in [0.3, 0.4) is 0 Å². The molecule has 1 aliphatic heterocycles. The van der Waals surface area contributed by atoms with Gasteiger partial charge in [-0.15, -0.1) is 0 Å².